The molecule has 0 saturated carbocycles. The molecule has 2 aromatic carbocycles. The summed E-state index contributed by atoms with van der Waals surface area (Å²) in [5, 5.41) is 4.02. The molecule has 1 atom stereocenters. The van der Waals surface area contributed by atoms with Gasteiger partial charge in [0.1, 0.15) is 5.75 Å². The van der Waals surface area contributed by atoms with E-state index < -0.39 is 6.10 Å². The number of amides is 1. The minimum absolute atomic E-state index is 0.300. The molecule has 0 bridgehead atoms. The second-order valence-electron chi connectivity index (χ2n) is 6.47. The molecule has 2 aromatic rings. The van der Waals surface area contributed by atoms with E-state index in [0.29, 0.717) is 22.4 Å². The summed E-state index contributed by atoms with van der Waals surface area (Å²) in [5.41, 5.74) is 8.96. The van der Waals surface area contributed by atoms with Crippen LogP contribution < -0.4 is 20.9 Å². The van der Waals surface area contributed by atoms with Gasteiger partial charge in [0.05, 0.1) is 0 Å². The Hall–Kier alpha value is -2.31. The standard InChI is InChI=1S/C20H22ClN3O2S/c1-13(26-18-10-7-15-3-2-4-16(15)11-18)19(25)23-24-20(27)22-12-14-5-8-17(21)9-6-14/h5-11,13H,2-4,12H2,1H3,(H,23,25)(H2,22,24,27). The van der Waals surface area contributed by atoms with Gasteiger partial charge in [0.2, 0.25) is 0 Å². The maximum Gasteiger partial charge on any atom is 0.279 e. The topological polar surface area (TPSA) is 62.4 Å². The van der Waals surface area contributed by atoms with E-state index in [1.165, 1.54) is 17.5 Å². The summed E-state index contributed by atoms with van der Waals surface area (Å²) in [6.45, 7) is 2.23. The third kappa shape index (κ3) is 5.58. The number of nitrogens with one attached hydrogen (secondary N) is 3. The highest BCUT2D eigenvalue weighted by molar-refractivity contribution is 7.80. The van der Waals surface area contributed by atoms with E-state index in [1.807, 2.05) is 36.4 Å². The second-order valence-corrected chi connectivity index (χ2v) is 7.31. The molecule has 142 valence electrons. The number of halogens is 1. The molecule has 0 heterocycles. The lowest BCUT2D eigenvalue weighted by Gasteiger charge is -2.17. The van der Waals surface area contributed by atoms with Crippen molar-refractivity contribution in [3.8, 4) is 5.75 Å². The van der Waals surface area contributed by atoms with Crippen LogP contribution in [0, 0.1) is 0 Å². The van der Waals surface area contributed by atoms with Gasteiger partial charge in [0.15, 0.2) is 11.2 Å². The Bertz CT molecular complexity index is 826. The first kappa shape index (κ1) is 19.5. The maximum atomic E-state index is 12.2. The zero-order valence-electron chi connectivity index (χ0n) is 15.0. The molecule has 1 aliphatic carbocycles. The van der Waals surface area contributed by atoms with Crippen molar-refractivity contribution < 1.29 is 9.53 Å². The number of hydrogen-bond acceptors (Lipinski definition) is 3. The van der Waals surface area contributed by atoms with Crippen LogP contribution in [-0.4, -0.2) is 17.1 Å². The highest BCUT2D eigenvalue weighted by atomic mass is 35.5. The Morgan fingerprint density at radius 1 is 1.15 bits per heavy atom. The molecule has 5 nitrogen and oxygen atoms in total. The summed E-state index contributed by atoms with van der Waals surface area (Å²) in [6, 6.07) is 13.5. The third-order valence-corrected chi connectivity index (χ3v) is 4.92. The van der Waals surface area contributed by atoms with Gasteiger partial charge in [-0.2, -0.15) is 0 Å². The molecule has 0 fully saturated rings. The highest BCUT2D eigenvalue weighted by Gasteiger charge is 2.17. The number of hydrazine groups is 1. The minimum Gasteiger partial charge on any atom is -0.481 e. The molecule has 0 spiro atoms. The third-order valence-electron chi connectivity index (χ3n) is 4.42. The van der Waals surface area contributed by atoms with Crippen LogP contribution in [0.3, 0.4) is 0 Å². The first-order valence-electron chi connectivity index (χ1n) is 8.88. The molecule has 27 heavy (non-hydrogen) atoms. The van der Waals surface area contributed by atoms with E-state index in [1.54, 1.807) is 6.92 Å². The number of thiocarbonyl (C=S) groups is 1. The zero-order valence-corrected chi connectivity index (χ0v) is 16.6. The van der Waals surface area contributed by atoms with Gasteiger partial charge in [-0.25, -0.2) is 0 Å². The number of ether oxygens (including phenoxy) is 1. The Balaban J connectivity index is 1.41. The maximum absolute atomic E-state index is 12.2. The quantitative estimate of drug-likeness (QED) is 0.528. The Morgan fingerprint density at radius 2 is 1.89 bits per heavy atom. The van der Waals surface area contributed by atoms with Crippen molar-refractivity contribution in [1.82, 2.24) is 16.2 Å². The Morgan fingerprint density at radius 3 is 2.67 bits per heavy atom. The van der Waals surface area contributed by atoms with E-state index >= 15 is 0 Å². The molecule has 0 aromatic heterocycles. The number of aryl methyl sites for hydroxylation is 2. The summed E-state index contributed by atoms with van der Waals surface area (Å²) in [6.07, 6.45) is 2.73. The van der Waals surface area contributed by atoms with Gasteiger partial charge in [-0.15, -0.1) is 0 Å². The number of carbonyl (C=O) groups excluding carboxylic acids is 1. The van der Waals surface area contributed by atoms with Gasteiger partial charge < -0.3 is 10.1 Å². The molecular formula is C20H22ClN3O2S. The Labute approximate surface area is 169 Å². The summed E-state index contributed by atoms with van der Waals surface area (Å²) in [7, 11) is 0. The summed E-state index contributed by atoms with van der Waals surface area (Å²) in [4.78, 5) is 12.2. The first-order chi connectivity index (χ1) is 13.0. The van der Waals surface area contributed by atoms with Crippen molar-refractivity contribution in [3.05, 3.63) is 64.2 Å². The fraction of sp³-hybridized carbons (Fsp3) is 0.300. The number of fused-ring (bicyclic) bond motifs is 1. The van der Waals surface area contributed by atoms with Gasteiger partial charge in [-0.1, -0.05) is 29.8 Å². The van der Waals surface area contributed by atoms with Crippen LogP contribution in [0.1, 0.15) is 30.0 Å². The van der Waals surface area contributed by atoms with Crippen molar-refractivity contribution in [3.63, 3.8) is 0 Å². The van der Waals surface area contributed by atoms with Crippen molar-refractivity contribution in [2.24, 2.45) is 0 Å². The normalized spacial score (nSPS) is 13.4. The lowest BCUT2D eigenvalue weighted by molar-refractivity contribution is -0.127. The number of rotatable bonds is 5. The van der Waals surface area contributed by atoms with E-state index in [-0.39, 0.29) is 5.91 Å². The van der Waals surface area contributed by atoms with Crippen LogP contribution in [0.15, 0.2) is 42.5 Å². The number of hydrogen-bond donors (Lipinski definition) is 3. The van der Waals surface area contributed by atoms with E-state index in [4.69, 9.17) is 28.6 Å². The molecule has 0 radical (unpaired) electrons. The fourth-order valence-electron chi connectivity index (χ4n) is 2.93. The van der Waals surface area contributed by atoms with Crippen LogP contribution in [0.25, 0.3) is 0 Å². The molecule has 0 aliphatic heterocycles. The van der Waals surface area contributed by atoms with Gasteiger partial charge in [0, 0.05) is 11.6 Å². The SMILES string of the molecule is CC(Oc1ccc2c(c1)CCC2)C(=O)NNC(=S)NCc1ccc(Cl)cc1. The van der Waals surface area contributed by atoms with Crippen molar-refractivity contribution in [2.45, 2.75) is 38.8 Å². The monoisotopic (exact) mass is 403 g/mol. The predicted octanol–water partition coefficient (Wildman–Crippen LogP) is 3.29. The molecule has 1 amide bonds. The summed E-state index contributed by atoms with van der Waals surface area (Å²) < 4.78 is 5.75. The average Bonchev–Trinajstić information content (AvgIpc) is 3.13. The first-order valence-corrected chi connectivity index (χ1v) is 9.66. The van der Waals surface area contributed by atoms with E-state index in [2.05, 4.69) is 22.2 Å². The van der Waals surface area contributed by atoms with Crippen LogP contribution in [0.2, 0.25) is 5.02 Å². The molecule has 7 heteroatoms. The molecule has 1 aliphatic rings. The lowest BCUT2D eigenvalue weighted by atomic mass is 10.1. The lowest BCUT2D eigenvalue weighted by Crippen LogP contribution is -2.50. The fourth-order valence-corrected chi connectivity index (χ4v) is 3.18. The largest absolute Gasteiger partial charge is 0.481 e. The van der Waals surface area contributed by atoms with Crippen molar-refractivity contribution in [2.75, 3.05) is 0 Å². The summed E-state index contributed by atoms with van der Waals surface area (Å²) in [5.74, 6) is 0.410. The zero-order chi connectivity index (χ0) is 19.2. The Kier molecular flexibility index (Phi) is 6.53. The second kappa shape index (κ2) is 9.06. The van der Waals surface area contributed by atoms with Crippen LogP contribution in [0.4, 0.5) is 0 Å². The van der Waals surface area contributed by atoms with Crippen LogP contribution >= 0.6 is 23.8 Å². The smallest absolute Gasteiger partial charge is 0.279 e. The number of carbonyl (C=O) groups is 1. The van der Waals surface area contributed by atoms with E-state index in [0.717, 1.165) is 18.4 Å². The highest BCUT2D eigenvalue weighted by Crippen LogP contribution is 2.26. The predicted molar refractivity (Wildman–Crippen MR) is 111 cm³/mol. The van der Waals surface area contributed by atoms with Crippen molar-refractivity contribution in [1.29, 1.82) is 0 Å². The van der Waals surface area contributed by atoms with Crippen molar-refractivity contribution >= 4 is 34.8 Å². The molecule has 3 rings (SSSR count). The van der Waals surface area contributed by atoms with Gasteiger partial charge in [-0.05, 0) is 79.4 Å². The molecule has 1 unspecified atom stereocenters. The van der Waals surface area contributed by atoms with Crippen LogP contribution in [-0.2, 0) is 24.2 Å². The van der Waals surface area contributed by atoms with Crippen LogP contribution in [0.5, 0.6) is 5.75 Å². The molecule has 3 N–H and O–H groups in total. The summed E-state index contributed by atoms with van der Waals surface area (Å²) >= 11 is 11.0. The molecule has 0 saturated heterocycles. The number of benzene rings is 2. The molecular weight excluding hydrogens is 382 g/mol. The van der Waals surface area contributed by atoms with E-state index in [9.17, 15) is 4.79 Å². The van der Waals surface area contributed by atoms with Gasteiger partial charge in [-0.3, -0.25) is 15.6 Å². The van der Waals surface area contributed by atoms with Gasteiger partial charge in [0.25, 0.3) is 5.91 Å². The average molecular weight is 404 g/mol. The van der Waals surface area contributed by atoms with Gasteiger partial charge >= 0.3 is 0 Å². The minimum atomic E-state index is -0.643.